The van der Waals surface area contributed by atoms with Crippen molar-refractivity contribution in [1.29, 1.82) is 0 Å². The average molecular weight is 358 g/mol. The summed E-state index contributed by atoms with van der Waals surface area (Å²) in [5, 5.41) is 5.74. The molecule has 0 aliphatic heterocycles. The van der Waals surface area contributed by atoms with Crippen molar-refractivity contribution < 1.29 is 23.9 Å². The van der Waals surface area contributed by atoms with Gasteiger partial charge in [-0.3, -0.25) is 14.4 Å². The van der Waals surface area contributed by atoms with E-state index in [0.717, 1.165) is 0 Å². The molecule has 1 amide bonds. The molecule has 1 aliphatic carbocycles. The van der Waals surface area contributed by atoms with E-state index in [-0.39, 0.29) is 5.91 Å². The summed E-state index contributed by atoms with van der Waals surface area (Å²) in [7, 11) is 1.28. The van der Waals surface area contributed by atoms with Gasteiger partial charge in [0.15, 0.2) is 0 Å². The topological polar surface area (TPSA) is 102 Å². The van der Waals surface area contributed by atoms with Crippen LogP contribution in [0.2, 0.25) is 0 Å². The van der Waals surface area contributed by atoms with Crippen molar-refractivity contribution in [3.63, 3.8) is 0 Å². The van der Waals surface area contributed by atoms with Crippen LogP contribution in [0.4, 0.5) is 0 Å². The Labute approximate surface area is 151 Å². The van der Waals surface area contributed by atoms with Gasteiger partial charge in [-0.15, -0.1) is 0 Å². The van der Waals surface area contributed by atoms with Gasteiger partial charge < -0.3 is 15.4 Å². The number of methoxy groups -OCH3 is 1. The molecule has 0 aromatic heterocycles. The Balaban J connectivity index is 1.87. The molecule has 1 aromatic carbocycles. The molecule has 0 fully saturated rings. The molecule has 1 aromatic rings. The van der Waals surface area contributed by atoms with Gasteiger partial charge in [-0.05, 0) is 19.3 Å². The molecular weight excluding hydrogens is 336 g/mol. The number of esters is 1. The van der Waals surface area contributed by atoms with E-state index in [1.54, 1.807) is 18.2 Å². The minimum atomic E-state index is -0.661. The number of Topliss-reactive ketones (excluding diaryl/α,β-unsaturated/α-hetero) is 1. The Morgan fingerprint density at radius 3 is 2.46 bits per heavy atom. The van der Waals surface area contributed by atoms with Gasteiger partial charge in [-0.2, -0.15) is 0 Å². The van der Waals surface area contributed by atoms with E-state index in [1.807, 2.05) is 6.07 Å². The van der Waals surface area contributed by atoms with Crippen LogP contribution in [0.3, 0.4) is 0 Å². The molecule has 2 N–H and O–H groups in total. The van der Waals surface area contributed by atoms with Crippen LogP contribution in [0.1, 0.15) is 42.1 Å². The number of amides is 1. The van der Waals surface area contributed by atoms with Gasteiger partial charge in [-0.25, -0.2) is 4.79 Å². The van der Waals surface area contributed by atoms with Crippen LogP contribution >= 0.6 is 0 Å². The molecule has 0 bridgehead atoms. The fourth-order valence-corrected chi connectivity index (χ4v) is 2.80. The highest BCUT2D eigenvalue weighted by Crippen LogP contribution is 2.22. The molecule has 0 radical (unpaired) electrons. The molecule has 7 nitrogen and oxygen atoms in total. The first-order valence-corrected chi connectivity index (χ1v) is 8.42. The lowest BCUT2D eigenvalue weighted by Crippen LogP contribution is -2.40. The Morgan fingerprint density at radius 1 is 1.12 bits per heavy atom. The summed E-state index contributed by atoms with van der Waals surface area (Å²) in [5.74, 6) is -1.79. The Bertz CT molecular complexity index is 754. The number of carbonyl (C=O) groups excluding carboxylic acids is 4. The van der Waals surface area contributed by atoms with Crippen molar-refractivity contribution in [1.82, 2.24) is 10.6 Å². The van der Waals surface area contributed by atoms with E-state index in [0.29, 0.717) is 42.6 Å². The first-order chi connectivity index (χ1) is 12.4. The van der Waals surface area contributed by atoms with Crippen molar-refractivity contribution in [3.8, 4) is 0 Å². The summed E-state index contributed by atoms with van der Waals surface area (Å²) in [6, 6.07) is 6.31. The summed E-state index contributed by atoms with van der Waals surface area (Å²) in [6.45, 7) is 1.92. The number of carbonyl (C=O) groups is 4. The Morgan fingerprint density at radius 2 is 1.81 bits per heavy atom. The first-order valence-electron chi connectivity index (χ1n) is 8.42. The number of unbranched alkanes of at least 4 members (excludes halogenated alkanes) is 1. The highest BCUT2D eigenvalue weighted by Gasteiger charge is 2.25. The van der Waals surface area contributed by atoms with Crippen LogP contribution in [-0.4, -0.2) is 43.1 Å². The first kappa shape index (κ1) is 19.4. The molecule has 1 atom stereocenters. The minimum Gasteiger partial charge on any atom is -0.467 e. The van der Waals surface area contributed by atoms with Gasteiger partial charge in [-0.1, -0.05) is 24.3 Å². The van der Waals surface area contributed by atoms with Crippen molar-refractivity contribution in [2.75, 3.05) is 13.7 Å². The molecule has 0 saturated carbocycles. The molecule has 0 spiro atoms. The Hall–Kier alpha value is -2.96. The fourth-order valence-electron chi connectivity index (χ4n) is 2.80. The van der Waals surface area contributed by atoms with E-state index in [2.05, 4.69) is 15.4 Å². The second-order valence-electron chi connectivity index (χ2n) is 6.00. The lowest BCUT2D eigenvalue weighted by atomic mass is 9.93. The van der Waals surface area contributed by atoms with Crippen LogP contribution in [0.25, 0.3) is 5.70 Å². The number of hydrogen-bond donors (Lipinski definition) is 2. The number of ether oxygens (including phenoxy) is 1. The quantitative estimate of drug-likeness (QED) is 0.412. The summed E-state index contributed by atoms with van der Waals surface area (Å²) in [5.41, 5.74) is 1.73. The third-order valence-electron chi connectivity index (χ3n) is 4.06. The lowest BCUT2D eigenvalue weighted by molar-refractivity contribution is -0.145. The van der Waals surface area contributed by atoms with E-state index < -0.39 is 23.6 Å². The molecule has 138 valence electrons. The number of hydrogen-bond acceptors (Lipinski definition) is 6. The number of fused-ring (bicyclic) bond motifs is 1. The maximum absolute atomic E-state index is 11.9. The van der Waals surface area contributed by atoms with Crippen molar-refractivity contribution >= 4 is 29.1 Å². The molecular formula is C19H22N2O5. The average Bonchev–Trinajstić information content (AvgIpc) is 2.63. The second-order valence-corrected chi connectivity index (χ2v) is 6.00. The molecule has 1 aliphatic rings. The molecule has 0 unspecified atom stereocenters. The maximum atomic E-state index is 11.9. The maximum Gasteiger partial charge on any atom is 0.328 e. The van der Waals surface area contributed by atoms with Gasteiger partial charge in [0.2, 0.25) is 17.5 Å². The number of ketones is 2. The van der Waals surface area contributed by atoms with Crippen molar-refractivity contribution in [2.24, 2.45) is 0 Å². The van der Waals surface area contributed by atoms with E-state index >= 15 is 0 Å². The van der Waals surface area contributed by atoms with Crippen LogP contribution in [0.5, 0.6) is 0 Å². The zero-order valence-electron chi connectivity index (χ0n) is 14.8. The van der Waals surface area contributed by atoms with E-state index in [9.17, 15) is 19.2 Å². The fraction of sp³-hybridized carbons (Fsp3) is 0.368. The van der Waals surface area contributed by atoms with E-state index in [1.165, 1.54) is 20.1 Å². The summed E-state index contributed by atoms with van der Waals surface area (Å²) < 4.78 is 4.68. The molecule has 7 heteroatoms. The second kappa shape index (κ2) is 8.94. The summed E-state index contributed by atoms with van der Waals surface area (Å²) in [4.78, 5) is 46.5. The van der Waals surface area contributed by atoms with Crippen LogP contribution in [-0.2, 0) is 19.1 Å². The standard InChI is InChI=1S/C19H22N2O5/c1-12(22)21-15(19(25)26-2)9-5-6-10-20-16-11-17(23)18(24)14-8-4-3-7-13(14)16/h3-4,7-8,11,15,20H,5-6,9-10H2,1-2H3,(H,21,22)/t15-/m0/s1. The minimum absolute atomic E-state index is 0.286. The van der Waals surface area contributed by atoms with Crippen LogP contribution in [0.15, 0.2) is 30.3 Å². The number of nitrogens with one attached hydrogen (secondary N) is 2. The Kier molecular flexibility index (Phi) is 6.66. The highest BCUT2D eigenvalue weighted by molar-refractivity contribution is 6.50. The zero-order chi connectivity index (χ0) is 19.1. The van der Waals surface area contributed by atoms with Gasteiger partial charge in [0.25, 0.3) is 0 Å². The van der Waals surface area contributed by atoms with Crippen molar-refractivity contribution in [2.45, 2.75) is 32.2 Å². The number of rotatable bonds is 8. The van der Waals surface area contributed by atoms with E-state index in [4.69, 9.17) is 0 Å². The van der Waals surface area contributed by atoms with Gasteiger partial charge in [0, 0.05) is 36.4 Å². The van der Waals surface area contributed by atoms with Crippen LogP contribution in [0, 0.1) is 0 Å². The summed E-state index contributed by atoms with van der Waals surface area (Å²) in [6.07, 6.45) is 3.17. The predicted octanol–water partition coefficient (Wildman–Crippen LogP) is 1.23. The number of allylic oxidation sites excluding steroid dienone is 1. The normalized spacial score (nSPS) is 14.2. The highest BCUT2D eigenvalue weighted by atomic mass is 16.5. The van der Waals surface area contributed by atoms with Crippen molar-refractivity contribution in [3.05, 3.63) is 41.5 Å². The third kappa shape index (κ3) is 4.78. The van der Waals surface area contributed by atoms with Gasteiger partial charge in [0.1, 0.15) is 6.04 Å². The molecule has 0 heterocycles. The molecule has 2 rings (SSSR count). The van der Waals surface area contributed by atoms with Gasteiger partial charge in [0.05, 0.1) is 7.11 Å². The van der Waals surface area contributed by atoms with Crippen LogP contribution < -0.4 is 10.6 Å². The summed E-state index contributed by atoms with van der Waals surface area (Å²) >= 11 is 0. The molecule has 0 saturated heterocycles. The lowest BCUT2D eigenvalue weighted by Gasteiger charge is -2.18. The predicted molar refractivity (Wildman–Crippen MR) is 95.2 cm³/mol. The number of benzene rings is 1. The monoisotopic (exact) mass is 358 g/mol. The SMILES string of the molecule is COC(=O)[C@H](CCCCNC1=CC(=O)C(=O)c2ccccc21)NC(C)=O. The molecule has 26 heavy (non-hydrogen) atoms. The largest absolute Gasteiger partial charge is 0.467 e. The third-order valence-corrected chi connectivity index (χ3v) is 4.06. The zero-order valence-corrected chi connectivity index (χ0v) is 14.8. The smallest absolute Gasteiger partial charge is 0.328 e. The van der Waals surface area contributed by atoms with Gasteiger partial charge >= 0.3 is 5.97 Å².